The molecular formula is C18H24N4O3. The quantitative estimate of drug-likeness (QED) is 0.858. The third-order valence-corrected chi connectivity index (χ3v) is 4.04. The van der Waals surface area contributed by atoms with Crippen LogP contribution in [-0.4, -0.2) is 42.6 Å². The van der Waals surface area contributed by atoms with E-state index in [9.17, 15) is 9.59 Å². The maximum absolute atomic E-state index is 12.6. The van der Waals surface area contributed by atoms with Gasteiger partial charge < -0.3 is 20.3 Å². The zero-order valence-electron chi connectivity index (χ0n) is 14.7. The summed E-state index contributed by atoms with van der Waals surface area (Å²) in [7, 11) is 0. The first-order chi connectivity index (χ1) is 12.1. The van der Waals surface area contributed by atoms with Crippen LogP contribution in [0.2, 0.25) is 0 Å². The van der Waals surface area contributed by atoms with Gasteiger partial charge in [-0.3, -0.25) is 4.79 Å². The van der Waals surface area contributed by atoms with Gasteiger partial charge in [-0.15, -0.1) is 0 Å². The predicted octanol–water partition coefficient (Wildman–Crippen LogP) is 2.48. The number of likely N-dealkylation sites (tertiary alicyclic amines) is 1. The van der Waals surface area contributed by atoms with Gasteiger partial charge in [-0.2, -0.15) is 5.26 Å². The minimum Gasteiger partial charge on any atom is -0.492 e. The predicted molar refractivity (Wildman–Crippen MR) is 94.4 cm³/mol. The van der Waals surface area contributed by atoms with Gasteiger partial charge >= 0.3 is 6.03 Å². The molecule has 7 nitrogen and oxygen atoms in total. The molecule has 25 heavy (non-hydrogen) atoms. The number of hydrogen-bond acceptors (Lipinski definition) is 4. The number of anilines is 1. The van der Waals surface area contributed by atoms with Crippen LogP contribution in [-0.2, 0) is 4.79 Å². The molecular weight excluding hydrogens is 320 g/mol. The summed E-state index contributed by atoms with van der Waals surface area (Å²) in [4.78, 5) is 25.8. The number of nitrogens with one attached hydrogen (secondary N) is 2. The molecule has 1 aromatic rings. The standard InChI is InChI=1S/C18H24N4O3/c1-3-17(23)20-14-6-5-9-22(12-14)18(24)21-15-10-13(11-19)7-8-16(15)25-4-2/h7-8,10,14H,3-6,9,12H2,1-2H3,(H,20,23)(H,21,24)/t14-/m1/s1. The number of piperidine rings is 1. The summed E-state index contributed by atoms with van der Waals surface area (Å²) < 4.78 is 5.51. The van der Waals surface area contributed by atoms with Crippen molar-refractivity contribution >= 4 is 17.6 Å². The van der Waals surface area contributed by atoms with Crippen LogP contribution in [0.25, 0.3) is 0 Å². The molecule has 3 amide bonds. The minimum atomic E-state index is -0.258. The van der Waals surface area contributed by atoms with Crippen molar-refractivity contribution in [3.63, 3.8) is 0 Å². The summed E-state index contributed by atoms with van der Waals surface area (Å²) in [6.45, 7) is 5.23. The highest BCUT2D eigenvalue weighted by Gasteiger charge is 2.25. The Morgan fingerprint density at radius 1 is 1.40 bits per heavy atom. The van der Waals surface area contributed by atoms with Crippen LogP contribution < -0.4 is 15.4 Å². The van der Waals surface area contributed by atoms with Crippen LogP contribution in [0.5, 0.6) is 5.75 Å². The van der Waals surface area contributed by atoms with E-state index in [1.54, 1.807) is 30.0 Å². The second-order valence-electron chi connectivity index (χ2n) is 5.89. The van der Waals surface area contributed by atoms with Crippen molar-refractivity contribution in [3.05, 3.63) is 23.8 Å². The molecule has 0 spiro atoms. The Balaban J connectivity index is 2.06. The van der Waals surface area contributed by atoms with Gasteiger partial charge in [-0.25, -0.2) is 4.79 Å². The molecule has 0 saturated carbocycles. The SMILES string of the molecule is CCOc1ccc(C#N)cc1NC(=O)N1CCC[C@@H](NC(=O)CC)C1. The molecule has 0 aromatic heterocycles. The van der Waals surface area contributed by atoms with Gasteiger partial charge in [0.1, 0.15) is 5.75 Å². The molecule has 1 aliphatic rings. The molecule has 2 N–H and O–H groups in total. The van der Waals surface area contributed by atoms with E-state index in [0.717, 1.165) is 12.8 Å². The lowest BCUT2D eigenvalue weighted by molar-refractivity contribution is -0.121. The minimum absolute atomic E-state index is 0.00684. The average Bonchev–Trinajstić information content (AvgIpc) is 2.63. The number of rotatable bonds is 5. The fraction of sp³-hybridized carbons (Fsp3) is 0.500. The van der Waals surface area contributed by atoms with Crippen molar-refractivity contribution in [1.82, 2.24) is 10.2 Å². The summed E-state index contributed by atoms with van der Waals surface area (Å²) in [6, 6.07) is 6.70. The molecule has 134 valence electrons. The molecule has 1 aromatic carbocycles. The average molecular weight is 344 g/mol. The highest BCUT2D eigenvalue weighted by molar-refractivity contribution is 5.91. The van der Waals surface area contributed by atoms with Gasteiger partial charge in [0.05, 0.1) is 23.9 Å². The molecule has 7 heteroatoms. The molecule has 1 saturated heterocycles. The molecule has 0 aliphatic carbocycles. The highest BCUT2D eigenvalue weighted by atomic mass is 16.5. The van der Waals surface area contributed by atoms with E-state index < -0.39 is 0 Å². The Bertz CT molecular complexity index is 669. The Morgan fingerprint density at radius 2 is 2.20 bits per heavy atom. The Kier molecular flexibility index (Phi) is 6.63. The maximum Gasteiger partial charge on any atom is 0.322 e. The van der Waals surface area contributed by atoms with Gasteiger partial charge in [0, 0.05) is 25.6 Å². The molecule has 1 heterocycles. The van der Waals surface area contributed by atoms with Crippen LogP contribution in [0.15, 0.2) is 18.2 Å². The van der Waals surface area contributed by atoms with Crippen LogP contribution in [0.3, 0.4) is 0 Å². The van der Waals surface area contributed by atoms with Crippen molar-refractivity contribution < 1.29 is 14.3 Å². The van der Waals surface area contributed by atoms with E-state index in [1.165, 1.54) is 0 Å². The number of carbonyl (C=O) groups excluding carboxylic acids is 2. The van der Waals surface area contributed by atoms with Crippen molar-refractivity contribution in [3.8, 4) is 11.8 Å². The summed E-state index contributed by atoms with van der Waals surface area (Å²) in [5.41, 5.74) is 0.927. The summed E-state index contributed by atoms with van der Waals surface area (Å²) >= 11 is 0. The highest BCUT2D eigenvalue weighted by Crippen LogP contribution is 2.26. The third kappa shape index (κ3) is 5.11. The van der Waals surface area contributed by atoms with E-state index in [0.29, 0.717) is 43.1 Å². The van der Waals surface area contributed by atoms with Gasteiger partial charge in [-0.05, 0) is 38.0 Å². The first kappa shape index (κ1) is 18.6. The van der Waals surface area contributed by atoms with Gasteiger partial charge in [0.15, 0.2) is 0 Å². The van der Waals surface area contributed by atoms with Crippen LogP contribution in [0.1, 0.15) is 38.7 Å². The van der Waals surface area contributed by atoms with E-state index in [2.05, 4.69) is 16.7 Å². The van der Waals surface area contributed by atoms with E-state index in [1.807, 2.05) is 6.92 Å². The third-order valence-electron chi connectivity index (χ3n) is 4.04. The lowest BCUT2D eigenvalue weighted by Crippen LogP contribution is -2.50. The molecule has 0 radical (unpaired) electrons. The summed E-state index contributed by atoms with van der Waals surface area (Å²) in [5.74, 6) is 0.523. The van der Waals surface area contributed by atoms with Crippen molar-refractivity contribution in [1.29, 1.82) is 5.26 Å². The zero-order chi connectivity index (χ0) is 18.2. The van der Waals surface area contributed by atoms with Crippen molar-refractivity contribution in [2.75, 3.05) is 25.0 Å². The van der Waals surface area contributed by atoms with Gasteiger partial charge in [0.2, 0.25) is 5.91 Å². The molecule has 1 aliphatic heterocycles. The van der Waals surface area contributed by atoms with Crippen molar-refractivity contribution in [2.45, 2.75) is 39.2 Å². The number of nitriles is 1. The topological polar surface area (TPSA) is 94.5 Å². The fourth-order valence-electron chi connectivity index (χ4n) is 2.78. The number of hydrogen-bond donors (Lipinski definition) is 2. The second-order valence-corrected chi connectivity index (χ2v) is 5.89. The molecule has 1 fully saturated rings. The molecule has 0 unspecified atom stereocenters. The Hall–Kier alpha value is -2.75. The maximum atomic E-state index is 12.6. The lowest BCUT2D eigenvalue weighted by Gasteiger charge is -2.33. The first-order valence-electron chi connectivity index (χ1n) is 8.59. The largest absolute Gasteiger partial charge is 0.492 e. The van der Waals surface area contributed by atoms with E-state index >= 15 is 0 Å². The summed E-state index contributed by atoms with van der Waals surface area (Å²) in [5, 5.41) is 14.8. The van der Waals surface area contributed by atoms with Crippen LogP contribution in [0, 0.1) is 11.3 Å². The van der Waals surface area contributed by atoms with Crippen LogP contribution >= 0.6 is 0 Å². The zero-order valence-corrected chi connectivity index (χ0v) is 14.7. The Labute approximate surface area is 147 Å². The van der Waals surface area contributed by atoms with Crippen molar-refractivity contribution in [2.24, 2.45) is 0 Å². The number of ether oxygens (including phenoxy) is 1. The monoisotopic (exact) mass is 344 g/mol. The second kappa shape index (κ2) is 8.92. The molecule has 2 rings (SSSR count). The van der Waals surface area contributed by atoms with E-state index in [-0.39, 0.29) is 18.0 Å². The van der Waals surface area contributed by atoms with Crippen LogP contribution in [0.4, 0.5) is 10.5 Å². The van der Waals surface area contributed by atoms with Gasteiger partial charge in [0.25, 0.3) is 0 Å². The fourth-order valence-corrected chi connectivity index (χ4v) is 2.78. The number of nitrogens with zero attached hydrogens (tertiary/aromatic N) is 2. The molecule has 0 bridgehead atoms. The normalized spacial score (nSPS) is 16.7. The lowest BCUT2D eigenvalue weighted by atomic mass is 10.1. The van der Waals surface area contributed by atoms with Gasteiger partial charge in [-0.1, -0.05) is 6.92 Å². The number of benzene rings is 1. The summed E-state index contributed by atoms with van der Waals surface area (Å²) in [6.07, 6.45) is 2.13. The first-order valence-corrected chi connectivity index (χ1v) is 8.59. The number of amides is 3. The number of carbonyl (C=O) groups is 2. The molecule has 1 atom stereocenters. The Morgan fingerprint density at radius 3 is 2.88 bits per heavy atom. The number of urea groups is 1. The smallest absolute Gasteiger partial charge is 0.322 e. The van der Waals surface area contributed by atoms with E-state index in [4.69, 9.17) is 10.00 Å².